The minimum Gasteiger partial charge on any atom is -0.497 e. The van der Waals surface area contributed by atoms with Crippen LogP contribution in [0.1, 0.15) is 0 Å². The molecule has 0 radical (unpaired) electrons. The van der Waals surface area contributed by atoms with E-state index in [2.05, 4.69) is 4.98 Å². The average molecular weight is 321 g/mol. The van der Waals surface area contributed by atoms with Crippen molar-refractivity contribution < 1.29 is 18.3 Å². The van der Waals surface area contributed by atoms with Gasteiger partial charge in [0.05, 0.1) is 26.0 Å². The second-order valence-corrected chi connectivity index (χ2v) is 5.25. The van der Waals surface area contributed by atoms with Crippen LogP contribution in [0.4, 0.5) is 0 Å². The van der Waals surface area contributed by atoms with E-state index < -0.39 is 0 Å². The third-order valence-electron chi connectivity index (χ3n) is 3.82. The quantitative estimate of drug-likeness (QED) is 0.542. The molecule has 2 aromatic carbocycles. The Balaban J connectivity index is 1.89. The fourth-order valence-electron chi connectivity index (χ4n) is 2.60. The van der Waals surface area contributed by atoms with Gasteiger partial charge in [0, 0.05) is 11.6 Å². The third-order valence-corrected chi connectivity index (χ3v) is 3.82. The van der Waals surface area contributed by atoms with Gasteiger partial charge >= 0.3 is 0 Å². The highest BCUT2D eigenvalue weighted by Gasteiger charge is 2.16. The number of methoxy groups -OCH3 is 2. The standard InChI is InChI=1S/C19H15NO4/c1-21-13-7-5-12(6-8-13)19-20-16-11-14(22-2)10-15(18(16)24-19)17-4-3-9-23-17/h3-11H,1-2H3. The number of oxazole rings is 1. The normalized spacial score (nSPS) is 10.9. The van der Waals surface area contributed by atoms with E-state index in [4.69, 9.17) is 18.3 Å². The molecular weight excluding hydrogens is 306 g/mol. The highest BCUT2D eigenvalue weighted by atomic mass is 16.5. The lowest BCUT2D eigenvalue weighted by molar-refractivity contribution is 0.415. The van der Waals surface area contributed by atoms with Gasteiger partial charge in [-0.1, -0.05) is 0 Å². The van der Waals surface area contributed by atoms with Crippen LogP contribution in [0.3, 0.4) is 0 Å². The van der Waals surface area contributed by atoms with Crippen LogP contribution in [-0.2, 0) is 0 Å². The molecule has 0 aliphatic heterocycles. The molecule has 0 unspecified atom stereocenters. The number of benzene rings is 2. The Morgan fingerprint density at radius 2 is 1.71 bits per heavy atom. The summed E-state index contributed by atoms with van der Waals surface area (Å²) >= 11 is 0. The summed E-state index contributed by atoms with van der Waals surface area (Å²) in [5, 5.41) is 0. The van der Waals surface area contributed by atoms with Crippen molar-refractivity contribution in [3.63, 3.8) is 0 Å². The average Bonchev–Trinajstić information content (AvgIpc) is 3.30. The first-order valence-corrected chi connectivity index (χ1v) is 7.45. The van der Waals surface area contributed by atoms with Crippen molar-refractivity contribution in [3.8, 4) is 34.3 Å². The monoisotopic (exact) mass is 321 g/mol. The second-order valence-electron chi connectivity index (χ2n) is 5.25. The SMILES string of the molecule is COc1ccc(-c2nc3cc(OC)cc(-c4ccco4)c3o2)cc1. The van der Waals surface area contributed by atoms with Gasteiger partial charge < -0.3 is 18.3 Å². The van der Waals surface area contributed by atoms with Crippen molar-refractivity contribution in [2.45, 2.75) is 0 Å². The van der Waals surface area contributed by atoms with Gasteiger partial charge in [0.15, 0.2) is 5.58 Å². The summed E-state index contributed by atoms with van der Waals surface area (Å²) in [4.78, 5) is 4.59. The molecule has 2 aromatic heterocycles. The molecule has 0 N–H and O–H groups in total. The predicted octanol–water partition coefficient (Wildman–Crippen LogP) is 4.77. The molecule has 5 heteroatoms. The molecule has 0 spiro atoms. The summed E-state index contributed by atoms with van der Waals surface area (Å²) in [6, 6.07) is 15.0. The van der Waals surface area contributed by atoms with Crippen LogP contribution < -0.4 is 9.47 Å². The zero-order valence-electron chi connectivity index (χ0n) is 13.3. The maximum absolute atomic E-state index is 6.01. The van der Waals surface area contributed by atoms with Crippen LogP contribution in [0, 0.1) is 0 Å². The van der Waals surface area contributed by atoms with Gasteiger partial charge in [-0.25, -0.2) is 4.98 Å². The Kier molecular flexibility index (Phi) is 3.46. The number of aromatic nitrogens is 1. The van der Waals surface area contributed by atoms with Gasteiger partial charge in [-0.3, -0.25) is 0 Å². The van der Waals surface area contributed by atoms with Crippen molar-refractivity contribution in [2.24, 2.45) is 0 Å². The van der Waals surface area contributed by atoms with E-state index in [1.807, 2.05) is 48.5 Å². The first-order valence-electron chi connectivity index (χ1n) is 7.45. The van der Waals surface area contributed by atoms with Crippen LogP contribution >= 0.6 is 0 Å². The molecule has 4 aromatic rings. The van der Waals surface area contributed by atoms with Gasteiger partial charge in [0.1, 0.15) is 22.8 Å². The molecule has 0 fully saturated rings. The van der Waals surface area contributed by atoms with Crippen molar-refractivity contribution in [1.82, 2.24) is 4.98 Å². The Morgan fingerprint density at radius 1 is 0.917 bits per heavy atom. The highest BCUT2D eigenvalue weighted by molar-refractivity contribution is 5.91. The summed E-state index contributed by atoms with van der Waals surface area (Å²) < 4.78 is 22.1. The lowest BCUT2D eigenvalue weighted by Gasteiger charge is -2.02. The van der Waals surface area contributed by atoms with Crippen LogP contribution in [0.2, 0.25) is 0 Å². The largest absolute Gasteiger partial charge is 0.497 e. The van der Waals surface area contributed by atoms with Gasteiger partial charge in [0.25, 0.3) is 0 Å². The first kappa shape index (κ1) is 14.4. The van der Waals surface area contributed by atoms with Crippen LogP contribution in [0.5, 0.6) is 11.5 Å². The number of hydrogen-bond donors (Lipinski definition) is 0. The lowest BCUT2D eigenvalue weighted by atomic mass is 10.1. The first-order chi connectivity index (χ1) is 11.8. The Morgan fingerprint density at radius 3 is 2.38 bits per heavy atom. The van der Waals surface area contributed by atoms with Crippen LogP contribution in [-0.4, -0.2) is 19.2 Å². The molecule has 0 saturated heterocycles. The Bertz CT molecular complexity index is 969. The van der Waals surface area contributed by atoms with E-state index in [1.54, 1.807) is 20.5 Å². The number of fused-ring (bicyclic) bond motifs is 1. The van der Waals surface area contributed by atoms with E-state index in [9.17, 15) is 0 Å². The van der Waals surface area contributed by atoms with Crippen molar-refractivity contribution in [2.75, 3.05) is 14.2 Å². The Hall–Kier alpha value is -3.21. The summed E-state index contributed by atoms with van der Waals surface area (Å²) in [7, 11) is 3.26. The molecule has 0 amide bonds. The summed E-state index contributed by atoms with van der Waals surface area (Å²) in [6.45, 7) is 0. The van der Waals surface area contributed by atoms with E-state index in [0.29, 0.717) is 28.5 Å². The molecule has 4 rings (SSSR count). The van der Waals surface area contributed by atoms with Gasteiger partial charge in [-0.05, 0) is 42.5 Å². The number of rotatable bonds is 4. The number of furan rings is 1. The van der Waals surface area contributed by atoms with Crippen molar-refractivity contribution in [3.05, 3.63) is 54.8 Å². The van der Waals surface area contributed by atoms with Gasteiger partial charge in [-0.2, -0.15) is 0 Å². The molecule has 5 nitrogen and oxygen atoms in total. The molecule has 0 bridgehead atoms. The fraction of sp³-hybridized carbons (Fsp3) is 0.105. The predicted molar refractivity (Wildman–Crippen MR) is 90.3 cm³/mol. The molecule has 24 heavy (non-hydrogen) atoms. The molecule has 0 aliphatic rings. The van der Waals surface area contributed by atoms with E-state index >= 15 is 0 Å². The van der Waals surface area contributed by atoms with Crippen LogP contribution in [0.25, 0.3) is 33.9 Å². The van der Waals surface area contributed by atoms with E-state index in [-0.39, 0.29) is 0 Å². The zero-order chi connectivity index (χ0) is 16.5. The minimum atomic E-state index is 0.536. The maximum atomic E-state index is 6.01. The zero-order valence-corrected chi connectivity index (χ0v) is 13.3. The molecule has 120 valence electrons. The molecule has 2 heterocycles. The van der Waals surface area contributed by atoms with E-state index in [1.165, 1.54) is 0 Å². The Labute approximate surface area is 138 Å². The fourth-order valence-corrected chi connectivity index (χ4v) is 2.60. The van der Waals surface area contributed by atoms with Crippen molar-refractivity contribution >= 4 is 11.1 Å². The third kappa shape index (κ3) is 2.40. The lowest BCUT2D eigenvalue weighted by Crippen LogP contribution is -1.85. The molecule has 0 saturated carbocycles. The van der Waals surface area contributed by atoms with Gasteiger partial charge in [-0.15, -0.1) is 0 Å². The van der Waals surface area contributed by atoms with Gasteiger partial charge in [0.2, 0.25) is 5.89 Å². The summed E-state index contributed by atoms with van der Waals surface area (Å²) in [6.07, 6.45) is 1.63. The molecular formula is C19H15NO4. The molecule has 0 aliphatic carbocycles. The second kappa shape index (κ2) is 5.77. The smallest absolute Gasteiger partial charge is 0.227 e. The minimum absolute atomic E-state index is 0.536. The van der Waals surface area contributed by atoms with Crippen LogP contribution in [0.15, 0.2) is 63.6 Å². The highest BCUT2D eigenvalue weighted by Crippen LogP contribution is 2.36. The summed E-state index contributed by atoms with van der Waals surface area (Å²) in [5.41, 5.74) is 3.06. The number of nitrogens with zero attached hydrogens (tertiary/aromatic N) is 1. The molecule has 0 atom stereocenters. The summed E-state index contributed by atoms with van der Waals surface area (Å²) in [5.74, 6) is 2.72. The number of hydrogen-bond acceptors (Lipinski definition) is 5. The maximum Gasteiger partial charge on any atom is 0.227 e. The van der Waals surface area contributed by atoms with Crippen molar-refractivity contribution in [1.29, 1.82) is 0 Å². The van der Waals surface area contributed by atoms with E-state index in [0.717, 1.165) is 16.9 Å². The topological polar surface area (TPSA) is 57.6 Å². The number of ether oxygens (including phenoxy) is 2.